The second kappa shape index (κ2) is 19.9. The number of carbonyl (C=O) groups is 3. The number of carbonyl (C=O) groups excluding carboxylic acids is 3. The molecule has 0 aromatic heterocycles. The third-order valence-electron chi connectivity index (χ3n) is 10.6. The lowest BCUT2D eigenvalue weighted by Crippen LogP contribution is -2.62. The van der Waals surface area contributed by atoms with Gasteiger partial charge in [-0.2, -0.15) is 0 Å². The number of nitrogens with zero attached hydrogens (tertiary/aromatic N) is 1. The minimum atomic E-state index is -2.32. The number of hydrogen-bond donors (Lipinski definition) is 0. The van der Waals surface area contributed by atoms with E-state index in [0.717, 1.165) is 6.42 Å². The van der Waals surface area contributed by atoms with Gasteiger partial charge < -0.3 is 41.9 Å². The summed E-state index contributed by atoms with van der Waals surface area (Å²) in [5.74, 6) is -3.01. The lowest BCUT2D eigenvalue weighted by molar-refractivity contribution is -0.298. The van der Waals surface area contributed by atoms with Gasteiger partial charge in [-0.15, -0.1) is 0 Å². The SMILES string of the molecule is CC[C@H]1OC(=O)[C@H](C)[C@@H](O[Si](C)(C)C)[C@H](C)[C@@H](O[C@@H]2O[C@H](C)C[C@H](N(C)C)[C@@H]2O[Si](C)(C)C)[C@@](C)(OC)C[C@@H](C)C(=O)/C(COC(C)=O)=C/[C@]1(C)O[Si](C)(C)C. The fraction of sp³-hybridized carbons (Fsp3) is 0.878. The van der Waals surface area contributed by atoms with E-state index < -0.39 is 96.6 Å². The summed E-state index contributed by atoms with van der Waals surface area (Å²) in [5, 5.41) is 0. The lowest BCUT2D eigenvalue weighted by atomic mass is 9.76. The van der Waals surface area contributed by atoms with E-state index in [4.69, 9.17) is 37.0 Å². The Bertz CT molecular complexity index is 1360. The molecular weight excluding hydrogens is 767 g/mol. The minimum absolute atomic E-state index is 0.00848. The van der Waals surface area contributed by atoms with E-state index in [1.54, 1.807) is 13.2 Å². The number of cyclic esters (lactones) is 1. The Hall–Kier alpha value is -1.28. The normalized spacial score (nSPS) is 37.1. The van der Waals surface area contributed by atoms with Crippen molar-refractivity contribution in [2.45, 2.75) is 188 Å². The number of hydrogen-bond acceptors (Lipinski definition) is 12. The predicted molar refractivity (Wildman–Crippen MR) is 228 cm³/mol. The second-order valence-corrected chi connectivity index (χ2v) is 33.2. The highest BCUT2D eigenvalue weighted by Gasteiger charge is 2.52. The number of ketones is 1. The zero-order chi connectivity index (χ0) is 43.4. The largest absolute Gasteiger partial charge is 0.461 e. The molecule has 0 N–H and O–H groups in total. The van der Waals surface area contributed by atoms with Crippen molar-refractivity contribution in [3.63, 3.8) is 0 Å². The molecule has 0 saturated carbocycles. The van der Waals surface area contributed by atoms with Crippen LogP contribution >= 0.6 is 0 Å². The van der Waals surface area contributed by atoms with Crippen LogP contribution in [-0.4, -0.2) is 129 Å². The molecule has 15 heteroatoms. The van der Waals surface area contributed by atoms with Crippen LogP contribution in [0.2, 0.25) is 58.9 Å². The summed E-state index contributed by atoms with van der Waals surface area (Å²) in [6.45, 7) is 33.5. The first kappa shape index (κ1) is 50.9. The topological polar surface area (TPSA) is 128 Å². The summed E-state index contributed by atoms with van der Waals surface area (Å²) < 4.78 is 53.0. The first-order chi connectivity index (χ1) is 25.4. The maximum Gasteiger partial charge on any atom is 0.311 e. The van der Waals surface area contributed by atoms with E-state index in [1.807, 2.05) is 82.2 Å². The molecule has 12 atom stereocenters. The van der Waals surface area contributed by atoms with Gasteiger partial charge in [-0.3, -0.25) is 14.4 Å². The quantitative estimate of drug-likeness (QED) is 0.134. The first-order valence-corrected chi connectivity index (χ1v) is 30.8. The van der Waals surface area contributed by atoms with Crippen LogP contribution in [0.5, 0.6) is 0 Å². The molecule has 0 aromatic rings. The summed E-state index contributed by atoms with van der Waals surface area (Å²) in [6, 6.07) is 0.00848. The third-order valence-corrected chi connectivity index (χ3v) is 13.6. The zero-order valence-electron chi connectivity index (χ0n) is 38.6. The maximum absolute atomic E-state index is 14.7. The van der Waals surface area contributed by atoms with Crippen LogP contribution in [0.25, 0.3) is 0 Å². The van der Waals surface area contributed by atoms with E-state index in [0.29, 0.717) is 6.42 Å². The predicted octanol–water partition coefficient (Wildman–Crippen LogP) is 7.58. The van der Waals surface area contributed by atoms with Crippen LogP contribution in [0.3, 0.4) is 0 Å². The Morgan fingerprint density at radius 3 is 1.93 bits per heavy atom. The summed E-state index contributed by atoms with van der Waals surface area (Å²) in [5.41, 5.74) is -2.05. The number of likely N-dealkylation sites (N-methyl/N-ethyl adjacent to an activating group) is 1. The van der Waals surface area contributed by atoms with Crippen molar-refractivity contribution in [3.05, 3.63) is 11.6 Å². The van der Waals surface area contributed by atoms with Gasteiger partial charge in [0, 0.05) is 37.5 Å². The summed E-state index contributed by atoms with van der Waals surface area (Å²) >= 11 is 0. The van der Waals surface area contributed by atoms with Gasteiger partial charge in [0.15, 0.2) is 37.0 Å². The van der Waals surface area contributed by atoms with E-state index in [2.05, 4.69) is 44.2 Å². The number of methoxy groups -OCH3 is 1. The Balaban J connectivity index is 2.99. The van der Waals surface area contributed by atoms with Crippen molar-refractivity contribution < 1.29 is 51.3 Å². The Morgan fingerprint density at radius 1 is 0.911 bits per heavy atom. The Labute approximate surface area is 342 Å². The summed E-state index contributed by atoms with van der Waals surface area (Å²) in [4.78, 5) is 43.6. The van der Waals surface area contributed by atoms with E-state index in [1.165, 1.54) is 6.92 Å². The highest BCUT2D eigenvalue weighted by Crippen LogP contribution is 2.41. The number of ether oxygens (including phenoxy) is 5. The first-order valence-electron chi connectivity index (χ1n) is 20.5. The van der Waals surface area contributed by atoms with Gasteiger partial charge in [-0.05, 0) is 126 Å². The van der Waals surface area contributed by atoms with Gasteiger partial charge in [0.05, 0.1) is 29.8 Å². The molecule has 1 fully saturated rings. The third kappa shape index (κ3) is 14.5. The van der Waals surface area contributed by atoms with Crippen LogP contribution in [0.15, 0.2) is 11.6 Å². The van der Waals surface area contributed by atoms with Gasteiger partial charge in [-0.1, -0.05) is 20.8 Å². The van der Waals surface area contributed by atoms with Gasteiger partial charge in [0.25, 0.3) is 0 Å². The molecule has 2 aliphatic heterocycles. The smallest absolute Gasteiger partial charge is 0.311 e. The van der Waals surface area contributed by atoms with Crippen LogP contribution < -0.4 is 0 Å². The molecule has 0 spiro atoms. The van der Waals surface area contributed by atoms with Crippen molar-refractivity contribution in [2.24, 2.45) is 17.8 Å². The van der Waals surface area contributed by atoms with Crippen molar-refractivity contribution in [3.8, 4) is 0 Å². The fourth-order valence-corrected chi connectivity index (χ4v) is 12.1. The van der Waals surface area contributed by atoms with Gasteiger partial charge in [0.2, 0.25) is 0 Å². The molecule has 0 amide bonds. The fourth-order valence-electron chi connectivity index (χ4n) is 8.27. The molecule has 2 rings (SSSR count). The van der Waals surface area contributed by atoms with Crippen LogP contribution in [0.1, 0.15) is 74.7 Å². The number of esters is 2. The lowest BCUT2D eigenvalue weighted by Gasteiger charge is -2.50. The Morgan fingerprint density at radius 2 is 1.46 bits per heavy atom. The second-order valence-electron chi connectivity index (χ2n) is 19.8. The van der Waals surface area contributed by atoms with Crippen LogP contribution in [0, 0.1) is 17.8 Å². The molecule has 1 saturated heterocycles. The Kier molecular flexibility index (Phi) is 18.0. The average Bonchev–Trinajstić information content (AvgIpc) is 3.04. The average molecular weight is 846 g/mol. The summed E-state index contributed by atoms with van der Waals surface area (Å²) in [6.07, 6.45) is -0.385. The standard InChI is InChI=1S/C41H79NO11Si3/c1-21-33-40(7,53-56(18,19)20)24-31(25-47-30(6)43)34(44)26(2)23-41(8,46-11)37(28(4)35(51-54(12,13)14)29(5)38(45)49-33)50-39-36(52-55(15,16)17)32(42(9)10)22-27(3)48-39/h24,26-29,32-33,35-37,39H,21-23,25H2,1-20H3/b31-24+/t26-,27-,28+,29-,32+,33-,35+,36+,37-,39+,40+,41+/m1/s1. The molecular formula is C41H79NO11Si3. The van der Waals surface area contributed by atoms with E-state index in [-0.39, 0.29) is 36.5 Å². The van der Waals surface area contributed by atoms with E-state index in [9.17, 15) is 14.4 Å². The van der Waals surface area contributed by atoms with Gasteiger partial charge >= 0.3 is 11.9 Å². The molecule has 56 heavy (non-hydrogen) atoms. The van der Waals surface area contributed by atoms with E-state index >= 15 is 0 Å². The van der Waals surface area contributed by atoms with Gasteiger partial charge in [0.1, 0.15) is 24.4 Å². The molecule has 12 nitrogen and oxygen atoms in total. The molecule has 2 heterocycles. The van der Waals surface area contributed by atoms with Crippen molar-refractivity contribution >= 4 is 42.7 Å². The van der Waals surface area contributed by atoms with Crippen molar-refractivity contribution in [1.82, 2.24) is 4.90 Å². The van der Waals surface area contributed by atoms with Crippen LogP contribution in [-0.2, 0) is 51.3 Å². The summed E-state index contributed by atoms with van der Waals surface area (Å²) in [7, 11) is -1.03. The van der Waals surface area contributed by atoms with Gasteiger partial charge in [-0.25, -0.2) is 0 Å². The van der Waals surface area contributed by atoms with Crippen molar-refractivity contribution in [2.75, 3.05) is 27.8 Å². The number of rotatable bonds is 13. The highest BCUT2D eigenvalue weighted by molar-refractivity contribution is 6.70. The molecule has 0 radical (unpaired) electrons. The number of Topliss-reactive ketones (excluding diaryl/α,β-unsaturated/α-hetero) is 1. The monoisotopic (exact) mass is 845 g/mol. The highest BCUT2D eigenvalue weighted by atomic mass is 28.4. The van der Waals surface area contributed by atoms with Crippen LogP contribution in [0.4, 0.5) is 0 Å². The molecule has 326 valence electrons. The molecule has 0 aromatic carbocycles. The van der Waals surface area contributed by atoms with Crippen molar-refractivity contribution in [1.29, 1.82) is 0 Å². The molecule has 0 bridgehead atoms. The minimum Gasteiger partial charge on any atom is -0.461 e. The molecule has 0 aliphatic carbocycles. The maximum atomic E-state index is 14.7. The molecule has 2 aliphatic rings. The zero-order valence-corrected chi connectivity index (χ0v) is 41.6. The molecule has 0 unspecified atom stereocenters.